The van der Waals surface area contributed by atoms with Crippen LogP contribution < -0.4 is 5.32 Å². The molecule has 98 valence electrons. The van der Waals surface area contributed by atoms with Crippen molar-refractivity contribution >= 4 is 23.1 Å². The van der Waals surface area contributed by atoms with E-state index in [0.717, 1.165) is 24.0 Å². The third-order valence-corrected chi connectivity index (χ3v) is 3.15. The molecule has 0 aliphatic heterocycles. The van der Waals surface area contributed by atoms with Crippen molar-refractivity contribution in [3.8, 4) is 0 Å². The van der Waals surface area contributed by atoms with Gasteiger partial charge in [0.2, 0.25) is 5.91 Å². The zero-order valence-corrected chi connectivity index (χ0v) is 11.9. The quantitative estimate of drug-likeness (QED) is 0.800. The summed E-state index contributed by atoms with van der Waals surface area (Å²) in [5.41, 5.74) is 2.06. The zero-order valence-electron chi connectivity index (χ0n) is 11.2. The summed E-state index contributed by atoms with van der Waals surface area (Å²) in [6, 6.07) is 7.76. The molecule has 1 unspecified atom stereocenters. The van der Waals surface area contributed by atoms with Crippen molar-refractivity contribution in [1.82, 2.24) is 5.32 Å². The lowest BCUT2D eigenvalue weighted by Gasteiger charge is -2.10. The fourth-order valence-corrected chi connectivity index (χ4v) is 1.72. The molecule has 1 rings (SSSR count). The molecule has 2 nitrogen and oxygen atoms in total. The van der Waals surface area contributed by atoms with Crippen LogP contribution in [0.4, 0.5) is 0 Å². The Kier molecular flexibility index (Phi) is 5.93. The molecule has 1 aromatic carbocycles. The highest BCUT2D eigenvalue weighted by Gasteiger charge is 2.05. The molecule has 0 spiro atoms. The number of allylic oxidation sites excluding steroid dienone is 1. The van der Waals surface area contributed by atoms with Crippen LogP contribution in [0.2, 0.25) is 5.02 Å². The van der Waals surface area contributed by atoms with Gasteiger partial charge in [0.05, 0.1) is 0 Å². The molecular formula is C15H20ClNO. The highest BCUT2D eigenvalue weighted by molar-refractivity contribution is 6.30. The Morgan fingerprint density at radius 3 is 2.44 bits per heavy atom. The summed E-state index contributed by atoms with van der Waals surface area (Å²) in [6.45, 7) is 6.09. The molecule has 1 atom stereocenters. The van der Waals surface area contributed by atoms with Crippen LogP contribution in [0.1, 0.15) is 39.2 Å². The monoisotopic (exact) mass is 265 g/mol. The van der Waals surface area contributed by atoms with E-state index in [1.54, 1.807) is 6.08 Å². The second-order valence-corrected chi connectivity index (χ2v) is 4.78. The molecular weight excluding hydrogens is 246 g/mol. The fourth-order valence-electron chi connectivity index (χ4n) is 1.60. The number of rotatable bonds is 5. The van der Waals surface area contributed by atoms with Gasteiger partial charge in [-0.3, -0.25) is 4.79 Å². The van der Waals surface area contributed by atoms with Crippen LogP contribution in [0.15, 0.2) is 30.3 Å². The van der Waals surface area contributed by atoms with Gasteiger partial charge in [0.15, 0.2) is 0 Å². The minimum Gasteiger partial charge on any atom is -0.350 e. The topological polar surface area (TPSA) is 29.1 Å². The number of benzene rings is 1. The van der Waals surface area contributed by atoms with Gasteiger partial charge in [0.25, 0.3) is 0 Å². The zero-order chi connectivity index (χ0) is 13.5. The molecule has 3 heteroatoms. The van der Waals surface area contributed by atoms with Gasteiger partial charge in [-0.25, -0.2) is 0 Å². The average Bonchev–Trinajstić information content (AvgIpc) is 2.37. The number of amides is 1. The van der Waals surface area contributed by atoms with Gasteiger partial charge in [-0.2, -0.15) is 0 Å². The summed E-state index contributed by atoms with van der Waals surface area (Å²) in [7, 11) is 0. The summed E-state index contributed by atoms with van der Waals surface area (Å²) in [5.74, 6) is -0.0313. The number of nitrogens with one attached hydrogen (secondary N) is 1. The molecule has 0 saturated heterocycles. The Hall–Kier alpha value is -1.28. The molecule has 0 radical (unpaired) electrons. The first-order valence-corrected chi connectivity index (χ1v) is 6.71. The van der Waals surface area contributed by atoms with E-state index in [2.05, 4.69) is 12.2 Å². The third-order valence-electron chi connectivity index (χ3n) is 2.90. The number of carbonyl (C=O) groups is 1. The Morgan fingerprint density at radius 1 is 1.33 bits per heavy atom. The van der Waals surface area contributed by atoms with Crippen LogP contribution in [0.5, 0.6) is 0 Å². The molecule has 0 bridgehead atoms. The SMILES string of the molecule is CC/C(=C/C(=O)NC(C)CC)c1ccc(Cl)cc1. The van der Waals surface area contributed by atoms with Gasteiger partial charge in [-0.05, 0) is 43.0 Å². The number of hydrogen-bond donors (Lipinski definition) is 1. The summed E-state index contributed by atoms with van der Waals surface area (Å²) in [5, 5.41) is 3.64. The predicted octanol–water partition coefficient (Wildman–Crippen LogP) is 4.05. The van der Waals surface area contributed by atoms with Gasteiger partial charge in [-0.15, -0.1) is 0 Å². The minimum atomic E-state index is -0.0313. The number of hydrogen-bond acceptors (Lipinski definition) is 1. The van der Waals surface area contributed by atoms with Gasteiger partial charge in [0.1, 0.15) is 0 Å². The standard InChI is InChI=1S/C15H20ClNO/c1-4-11(3)17-15(18)10-12(5-2)13-6-8-14(16)9-7-13/h6-11H,4-5H2,1-3H3,(H,17,18)/b12-10-. The molecule has 1 N–H and O–H groups in total. The van der Waals surface area contributed by atoms with Crippen molar-refractivity contribution in [2.24, 2.45) is 0 Å². The first-order chi connectivity index (χ1) is 8.56. The summed E-state index contributed by atoms with van der Waals surface area (Å²) < 4.78 is 0. The number of halogens is 1. The fraction of sp³-hybridized carbons (Fsp3) is 0.400. The Balaban J connectivity index is 2.82. The van der Waals surface area contributed by atoms with Crippen LogP contribution in [0, 0.1) is 0 Å². The van der Waals surface area contributed by atoms with Crippen LogP contribution in [-0.2, 0) is 4.79 Å². The van der Waals surface area contributed by atoms with Crippen molar-refractivity contribution in [3.05, 3.63) is 40.9 Å². The van der Waals surface area contributed by atoms with Crippen molar-refractivity contribution < 1.29 is 4.79 Å². The van der Waals surface area contributed by atoms with E-state index in [4.69, 9.17) is 11.6 Å². The molecule has 0 heterocycles. The second-order valence-electron chi connectivity index (χ2n) is 4.35. The molecule has 0 aliphatic rings. The molecule has 0 aliphatic carbocycles. The Labute approximate surface area is 114 Å². The Morgan fingerprint density at radius 2 is 1.94 bits per heavy atom. The van der Waals surface area contributed by atoms with E-state index in [1.807, 2.05) is 38.1 Å². The van der Waals surface area contributed by atoms with E-state index in [1.165, 1.54) is 0 Å². The molecule has 18 heavy (non-hydrogen) atoms. The maximum Gasteiger partial charge on any atom is 0.244 e. The average molecular weight is 266 g/mol. The summed E-state index contributed by atoms with van der Waals surface area (Å²) in [6.07, 6.45) is 3.42. The lowest BCUT2D eigenvalue weighted by molar-refractivity contribution is -0.117. The predicted molar refractivity (Wildman–Crippen MR) is 77.6 cm³/mol. The first kappa shape index (κ1) is 14.8. The van der Waals surface area contributed by atoms with Crippen molar-refractivity contribution in [1.29, 1.82) is 0 Å². The van der Waals surface area contributed by atoms with Gasteiger partial charge < -0.3 is 5.32 Å². The van der Waals surface area contributed by atoms with Crippen LogP contribution in [-0.4, -0.2) is 11.9 Å². The Bertz CT molecular complexity index is 423. The second kappa shape index (κ2) is 7.22. The van der Waals surface area contributed by atoms with Crippen molar-refractivity contribution in [2.75, 3.05) is 0 Å². The smallest absolute Gasteiger partial charge is 0.244 e. The van der Waals surface area contributed by atoms with Gasteiger partial charge in [-0.1, -0.05) is 37.6 Å². The van der Waals surface area contributed by atoms with Crippen LogP contribution in [0.3, 0.4) is 0 Å². The van der Waals surface area contributed by atoms with E-state index in [9.17, 15) is 4.79 Å². The maximum absolute atomic E-state index is 11.8. The van der Waals surface area contributed by atoms with E-state index < -0.39 is 0 Å². The normalized spacial score (nSPS) is 13.2. The van der Waals surface area contributed by atoms with Crippen LogP contribution in [0.25, 0.3) is 5.57 Å². The van der Waals surface area contributed by atoms with Gasteiger partial charge >= 0.3 is 0 Å². The van der Waals surface area contributed by atoms with Gasteiger partial charge in [0, 0.05) is 17.1 Å². The minimum absolute atomic E-state index is 0.0313. The van der Waals surface area contributed by atoms with E-state index in [0.29, 0.717) is 5.02 Å². The molecule has 1 aromatic rings. The largest absolute Gasteiger partial charge is 0.350 e. The summed E-state index contributed by atoms with van der Waals surface area (Å²) in [4.78, 5) is 11.8. The first-order valence-electron chi connectivity index (χ1n) is 6.33. The lowest BCUT2D eigenvalue weighted by atomic mass is 10.0. The highest BCUT2D eigenvalue weighted by atomic mass is 35.5. The number of carbonyl (C=O) groups excluding carboxylic acids is 1. The lowest BCUT2D eigenvalue weighted by Crippen LogP contribution is -2.30. The highest BCUT2D eigenvalue weighted by Crippen LogP contribution is 2.20. The summed E-state index contributed by atoms with van der Waals surface area (Å²) >= 11 is 5.85. The molecule has 0 aromatic heterocycles. The van der Waals surface area contributed by atoms with Crippen molar-refractivity contribution in [2.45, 2.75) is 39.7 Å². The molecule has 0 fully saturated rings. The van der Waals surface area contributed by atoms with E-state index >= 15 is 0 Å². The molecule has 0 saturated carbocycles. The third kappa shape index (κ3) is 4.53. The van der Waals surface area contributed by atoms with E-state index in [-0.39, 0.29) is 11.9 Å². The molecule has 1 amide bonds. The van der Waals surface area contributed by atoms with Crippen molar-refractivity contribution in [3.63, 3.8) is 0 Å². The maximum atomic E-state index is 11.8. The van der Waals surface area contributed by atoms with Crippen LogP contribution >= 0.6 is 11.6 Å².